The molecule has 0 saturated carbocycles. The Morgan fingerprint density at radius 3 is 2.53 bits per heavy atom. The molecule has 94 valence electrons. The van der Waals surface area contributed by atoms with Crippen LogP contribution < -0.4 is 0 Å². The molecule has 2 heteroatoms. The van der Waals surface area contributed by atoms with Crippen molar-refractivity contribution in [2.75, 3.05) is 0 Å². The molecule has 0 saturated heterocycles. The maximum atomic E-state index is 4.58. The van der Waals surface area contributed by atoms with Crippen molar-refractivity contribution in [3.8, 4) is 0 Å². The number of thioether (sulfide) groups is 1. The van der Waals surface area contributed by atoms with Crippen LogP contribution in [0.1, 0.15) is 22.1 Å². The van der Waals surface area contributed by atoms with Crippen molar-refractivity contribution >= 4 is 24.1 Å². The van der Waals surface area contributed by atoms with E-state index < -0.39 is 0 Å². The number of rotatable bonds is 2. The smallest absolute Gasteiger partial charge is 0.125 e. The maximum Gasteiger partial charge on any atom is 0.125 e. The van der Waals surface area contributed by atoms with Crippen LogP contribution in [0.15, 0.2) is 64.5 Å². The second-order valence-electron chi connectivity index (χ2n) is 4.56. The summed E-state index contributed by atoms with van der Waals surface area (Å²) in [6.07, 6.45) is 4.20. The maximum absolute atomic E-state index is 4.58. The van der Waals surface area contributed by atoms with Crippen LogP contribution >= 0.6 is 11.8 Å². The van der Waals surface area contributed by atoms with Gasteiger partial charge in [-0.15, -0.1) is 0 Å². The second kappa shape index (κ2) is 5.45. The normalized spacial score (nSPS) is 20.1. The van der Waals surface area contributed by atoms with Gasteiger partial charge in [-0.1, -0.05) is 66.4 Å². The summed E-state index contributed by atoms with van der Waals surface area (Å²) in [7, 11) is 0. The molecule has 0 bridgehead atoms. The molecule has 1 aliphatic rings. The van der Waals surface area contributed by atoms with Crippen molar-refractivity contribution in [3.05, 3.63) is 76.2 Å². The first-order valence-corrected chi connectivity index (χ1v) is 7.23. The van der Waals surface area contributed by atoms with E-state index in [4.69, 9.17) is 0 Å². The molecular formula is C17H15NS. The average molecular weight is 265 g/mol. The summed E-state index contributed by atoms with van der Waals surface area (Å²) in [5.41, 5.74) is 3.83. The monoisotopic (exact) mass is 265 g/mol. The Kier molecular flexibility index (Phi) is 3.51. The minimum absolute atomic E-state index is 0.205. The molecule has 3 rings (SSSR count). The van der Waals surface area contributed by atoms with E-state index in [1.165, 1.54) is 21.6 Å². The van der Waals surface area contributed by atoms with Crippen LogP contribution in [0, 0.1) is 6.92 Å². The van der Waals surface area contributed by atoms with Gasteiger partial charge in [0, 0.05) is 11.1 Å². The molecule has 0 aliphatic carbocycles. The van der Waals surface area contributed by atoms with E-state index in [9.17, 15) is 0 Å². The molecule has 1 atom stereocenters. The Morgan fingerprint density at radius 2 is 1.74 bits per heavy atom. The van der Waals surface area contributed by atoms with Gasteiger partial charge in [0.05, 0.1) is 0 Å². The first-order valence-electron chi connectivity index (χ1n) is 6.35. The molecule has 0 N–H and O–H groups in total. The second-order valence-corrected chi connectivity index (χ2v) is 5.72. The van der Waals surface area contributed by atoms with E-state index >= 15 is 0 Å². The topological polar surface area (TPSA) is 12.4 Å². The van der Waals surface area contributed by atoms with Crippen molar-refractivity contribution in [1.82, 2.24) is 0 Å². The number of aliphatic imine (C=N–C) groups is 1. The number of hydrogen-bond donors (Lipinski definition) is 0. The molecule has 0 aromatic heterocycles. The van der Waals surface area contributed by atoms with E-state index in [0.717, 1.165) is 0 Å². The van der Waals surface area contributed by atoms with Gasteiger partial charge < -0.3 is 0 Å². The highest BCUT2D eigenvalue weighted by Gasteiger charge is 2.17. The van der Waals surface area contributed by atoms with Crippen LogP contribution in [0.2, 0.25) is 0 Å². The summed E-state index contributed by atoms with van der Waals surface area (Å²) in [4.78, 5) is 5.81. The molecule has 19 heavy (non-hydrogen) atoms. The van der Waals surface area contributed by atoms with Gasteiger partial charge in [-0.3, -0.25) is 4.99 Å². The molecule has 2 aromatic rings. The molecule has 0 amide bonds. The molecule has 1 aliphatic heterocycles. The van der Waals surface area contributed by atoms with E-state index in [0.29, 0.717) is 0 Å². The minimum Gasteiger partial charge on any atom is -0.273 e. The van der Waals surface area contributed by atoms with E-state index in [2.05, 4.69) is 66.5 Å². The Morgan fingerprint density at radius 1 is 1.00 bits per heavy atom. The van der Waals surface area contributed by atoms with Gasteiger partial charge >= 0.3 is 0 Å². The molecule has 0 radical (unpaired) electrons. The summed E-state index contributed by atoms with van der Waals surface area (Å²) in [6, 6.07) is 18.9. The number of hydrogen-bond acceptors (Lipinski definition) is 2. The highest BCUT2D eigenvalue weighted by molar-refractivity contribution is 8.04. The largest absolute Gasteiger partial charge is 0.273 e. The van der Waals surface area contributed by atoms with Crippen LogP contribution in [-0.2, 0) is 0 Å². The molecule has 1 heterocycles. The lowest BCUT2D eigenvalue weighted by atomic mass is 10.1. The lowest BCUT2D eigenvalue weighted by Crippen LogP contribution is -1.84. The van der Waals surface area contributed by atoms with Gasteiger partial charge in [0.2, 0.25) is 0 Å². The summed E-state index contributed by atoms with van der Waals surface area (Å²) in [6.45, 7) is 2.14. The fraction of sp³-hybridized carbons (Fsp3) is 0.118. The molecule has 1 nitrogen and oxygen atoms in total. The highest BCUT2D eigenvalue weighted by atomic mass is 32.2. The van der Waals surface area contributed by atoms with Crippen LogP contribution in [0.4, 0.5) is 0 Å². The first kappa shape index (κ1) is 12.2. The number of benzene rings is 2. The first-order chi connectivity index (χ1) is 9.33. The quantitative estimate of drug-likeness (QED) is 0.756. The SMILES string of the molecule is Cc1ccccc1/C=C1/C=NC(c2ccccc2)S1. The molecular weight excluding hydrogens is 250 g/mol. The predicted octanol–water partition coefficient (Wildman–Crippen LogP) is 4.85. The molecule has 1 unspecified atom stereocenters. The third kappa shape index (κ3) is 2.79. The highest BCUT2D eigenvalue weighted by Crippen LogP contribution is 2.40. The zero-order chi connectivity index (χ0) is 13.1. The Labute approximate surface area is 118 Å². The van der Waals surface area contributed by atoms with Crippen molar-refractivity contribution in [3.63, 3.8) is 0 Å². The van der Waals surface area contributed by atoms with Crippen molar-refractivity contribution in [2.45, 2.75) is 12.3 Å². The van der Waals surface area contributed by atoms with Gasteiger partial charge in [-0.25, -0.2) is 0 Å². The molecule has 0 spiro atoms. The summed E-state index contributed by atoms with van der Waals surface area (Å²) in [5, 5.41) is 0.205. The predicted molar refractivity (Wildman–Crippen MR) is 84.4 cm³/mol. The van der Waals surface area contributed by atoms with Gasteiger partial charge in [0.15, 0.2) is 0 Å². The van der Waals surface area contributed by atoms with Gasteiger partial charge in [0.1, 0.15) is 5.37 Å². The standard InChI is InChI=1S/C17H15NS/c1-13-7-5-6-10-15(13)11-16-12-18-17(19-16)14-8-3-2-4-9-14/h2-12,17H,1H3/b16-11-. The fourth-order valence-electron chi connectivity index (χ4n) is 2.08. The fourth-order valence-corrected chi connectivity index (χ4v) is 3.07. The van der Waals surface area contributed by atoms with Gasteiger partial charge in [-0.05, 0) is 29.7 Å². The van der Waals surface area contributed by atoms with Crippen LogP contribution in [0.3, 0.4) is 0 Å². The summed E-state index contributed by atoms with van der Waals surface area (Å²) < 4.78 is 0. The zero-order valence-corrected chi connectivity index (χ0v) is 11.6. The van der Waals surface area contributed by atoms with Crippen molar-refractivity contribution < 1.29 is 0 Å². The zero-order valence-electron chi connectivity index (χ0n) is 10.8. The number of allylic oxidation sites excluding steroid dienone is 1. The number of nitrogens with zero attached hydrogens (tertiary/aromatic N) is 1. The third-order valence-electron chi connectivity index (χ3n) is 3.16. The van der Waals surface area contributed by atoms with E-state index in [1.807, 2.05) is 12.3 Å². The minimum atomic E-state index is 0.205. The third-order valence-corrected chi connectivity index (χ3v) is 4.27. The molecule has 2 aromatic carbocycles. The van der Waals surface area contributed by atoms with Crippen LogP contribution in [-0.4, -0.2) is 6.21 Å². The van der Waals surface area contributed by atoms with Crippen LogP contribution in [0.25, 0.3) is 6.08 Å². The Hall–Kier alpha value is -1.80. The van der Waals surface area contributed by atoms with E-state index in [1.54, 1.807) is 11.8 Å². The summed E-state index contributed by atoms with van der Waals surface area (Å²) >= 11 is 1.81. The van der Waals surface area contributed by atoms with E-state index in [-0.39, 0.29) is 5.37 Å². The molecule has 0 fully saturated rings. The van der Waals surface area contributed by atoms with Gasteiger partial charge in [0.25, 0.3) is 0 Å². The van der Waals surface area contributed by atoms with Crippen molar-refractivity contribution in [2.24, 2.45) is 4.99 Å². The van der Waals surface area contributed by atoms with Gasteiger partial charge in [-0.2, -0.15) is 0 Å². The number of aryl methyl sites for hydroxylation is 1. The Bertz CT molecular complexity index is 629. The lowest BCUT2D eigenvalue weighted by Gasteiger charge is -2.06. The van der Waals surface area contributed by atoms with Crippen molar-refractivity contribution in [1.29, 1.82) is 0 Å². The Balaban J connectivity index is 1.81. The average Bonchev–Trinajstić information content (AvgIpc) is 2.91. The van der Waals surface area contributed by atoms with Crippen LogP contribution in [0.5, 0.6) is 0 Å². The lowest BCUT2D eigenvalue weighted by molar-refractivity contribution is 1.06. The summed E-state index contributed by atoms with van der Waals surface area (Å²) in [5.74, 6) is 0.